The quantitative estimate of drug-likeness (QED) is 0.516. The Morgan fingerprint density at radius 1 is 0.971 bits per heavy atom. The SMILES string of the molecule is CN(C)S(=O)(=O)c1ccc(S(=O)(=O)Nc2ccccc2N2CCC(F)(COC(F)(F)F)CC2)cc1. The Labute approximate surface area is 201 Å². The number of hydrogen-bond acceptors (Lipinski definition) is 6. The summed E-state index contributed by atoms with van der Waals surface area (Å²) in [5.74, 6) is 0. The highest BCUT2D eigenvalue weighted by Gasteiger charge is 2.40. The molecule has 0 aliphatic carbocycles. The molecular weight excluding hydrogens is 514 g/mol. The number of alkyl halides is 4. The van der Waals surface area contributed by atoms with Crippen molar-refractivity contribution < 1.29 is 39.1 Å². The lowest BCUT2D eigenvalue weighted by Gasteiger charge is -2.38. The molecule has 194 valence electrons. The second kappa shape index (κ2) is 9.91. The first-order valence-electron chi connectivity index (χ1n) is 10.4. The molecule has 1 aliphatic rings. The third-order valence-corrected chi connectivity index (χ3v) is 8.77. The maximum absolute atomic E-state index is 14.7. The Morgan fingerprint density at radius 3 is 2.06 bits per heavy atom. The molecule has 0 spiro atoms. The van der Waals surface area contributed by atoms with Gasteiger partial charge in [0.1, 0.15) is 5.67 Å². The van der Waals surface area contributed by atoms with Crippen LogP contribution in [0, 0.1) is 0 Å². The average molecular weight is 540 g/mol. The number of ether oxygens (including phenoxy) is 1. The van der Waals surface area contributed by atoms with Crippen molar-refractivity contribution in [2.75, 3.05) is 43.4 Å². The largest absolute Gasteiger partial charge is 0.522 e. The number of benzene rings is 2. The van der Waals surface area contributed by atoms with Crippen molar-refractivity contribution in [3.8, 4) is 0 Å². The van der Waals surface area contributed by atoms with Crippen LogP contribution in [0.2, 0.25) is 0 Å². The number of halogens is 4. The van der Waals surface area contributed by atoms with Crippen molar-refractivity contribution in [2.24, 2.45) is 0 Å². The summed E-state index contributed by atoms with van der Waals surface area (Å²) in [4.78, 5) is 1.44. The Morgan fingerprint density at radius 2 is 1.51 bits per heavy atom. The zero-order chi connectivity index (χ0) is 26.1. The number of sulfonamides is 2. The van der Waals surface area contributed by atoms with Crippen LogP contribution < -0.4 is 9.62 Å². The van der Waals surface area contributed by atoms with E-state index in [2.05, 4.69) is 9.46 Å². The number of piperidine rings is 1. The van der Waals surface area contributed by atoms with E-state index < -0.39 is 38.7 Å². The van der Waals surface area contributed by atoms with E-state index in [0.717, 1.165) is 4.31 Å². The number of nitrogens with zero attached hydrogens (tertiary/aromatic N) is 2. The van der Waals surface area contributed by atoms with E-state index in [9.17, 15) is 34.4 Å². The summed E-state index contributed by atoms with van der Waals surface area (Å²) in [6.07, 6.45) is -5.38. The highest BCUT2D eigenvalue weighted by molar-refractivity contribution is 7.92. The van der Waals surface area contributed by atoms with Gasteiger partial charge in [0.25, 0.3) is 10.0 Å². The summed E-state index contributed by atoms with van der Waals surface area (Å²) in [6.45, 7) is -1.00. The van der Waals surface area contributed by atoms with Crippen molar-refractivity contribution >= 4 is 31.4 Å². The molecule has 1 heterocycles. The molecule has 0 aromatic heterocycles. The molecule has 0 saturated carbocycles. The van der Waals surface area contributed by atoms with Gasteiger partial charge in [0.15, 0.2) is 0 Å². The molecule has 8 nitrogen and oxygen atoms in total. The summed E-state index contributed by atoms with van der Waals surface area (Å²) < 4.78 is 109. The third-order valence-electron chi connectivity index (χ3n) is 5.56. The van der Waals surface area contributed by atoms with Crippen LogP contribution in [0.3, 0.4) is 0 Å². The van der Waals surface area contributed by atoms with Crippen LogP contribution >= 0.6 is 0 Å². The number of hydrogen-bond donors (Lipinski definition) is 1. The monoisotopic (exact) mass is 539 g/mol. The number of para-hydroxylation sites is 2. The zero-order valence-corrected chi connectivity index (χ0v) is 20.6. The fourth-order valence-corrected chi connectivity index (χ4v) is 5.52. The first kappa shape index (κ1) is 27.2. The van der Waals surface area contributed by atoms with Gasteiger partial charge in [-0.25, -0.2) is 25.5 Å². The Bertz CT molecular complexity index is 1240. The van der Waals surface area contributed by atoms with Crippen LogP contribution in [0.5, 0.6) is 0 Å². The van der Waals surface area contributed by atoms with Crippen LogP contribution in [-0.2, 0) is 24.8 Å². The first-order valence-corrected chi connectivity index (χ1v) is 13.3. The Hall–Kier alpha value is -2.42. The molecule has 0 radical (unpaired) electrons. The van der Waals surface area contributed by atoms with Gasteiger partial charge in [-0.05, 0) is 36.4 Å². The molecule has 0 unspecified atom stereocenters. The minimum absolute atomic E-state index is 0.0492. The molecular formula is C21H25F4N3O5S2. The maximum atomic E-state index is 14.7. The van der Waals surface area contributed by atoms with Gasteiger partial charge in [-0.3, -0.25) is 9.46 Å². The van der Waals surface area contributed by atoms with E-state index in [1.54, 1.807) is 23.1 Å². The van der Waals surface area contributed by atoms with Crippen LogP contribution in [0.4, 0.5) is 28.9 Å². The van der Waals surface area contributed by atoms with Gasteiger partial charge in [0, 0.05) is 40.0 Å². The van der Waals surface area contributed by atoms with Gasteiger partial charge in [0.05, 0.1) is 27.8 Å². The number of anilines is 2. The fraction of sp³-hybridized carbons (Fsp3) is 0.429. The third kappa shape index (κ3) is 6.63. The van der Waals surface area contributed by atoms with Crippen LogP contribution in [-0.4, -0.2) is 67.0 Å². The average Bonchev–Trinajstić information content (AvgIpc) is 2.78. The Kier molecular flexibility index (Phi) is 7.70. The van der Waals surface area contributed by atoms with Crippen LogP contribution in [0.1, 0.15) is 12.8 Å². The smallest absolute Gasteiger partial charge is 0.370 e. The van der Waals surface area contributed by atoms with Gasteiger partial charge in [-0.15, -0.1) is 13.2 Å². The normalized spacial score (nSPS) is 16.9. The molecule has 0 bridgehead atoms. The topological polar surface area (TPSA) is 96.0 Å². The molecule has 3 rings (SSSR count). The molecule has 0 amide bonds. The van der Waals surface area contributed by atoms with Crippen molar-refractivity contribution in [1.29, 1.82) is 0 Å². The molecule has 2 aromatic rings. The van der Waals surface area contributed by atoms with E-state index in [-0.39, 0.29) is 41.4 Å². The predicted octanol–water partition coefficient (Wildman–Crippen LogP) is 3.58. The molecule has 35 heavy (non-hydrogen) atoms. The lowest BCUT2D eigenvalue weighted by Crippen LogP contribution is -2.45. The lowest BCUT2D eigenvalue weighted by atomic mass is 9.94. The van der Waals surface area contributed by atoms with E-state index in [4.69, 9.17) is 0 Å². The maximum Gasteiger partial charge on any atom is 0.522 e. The molecule has 1 N–H and O–H groups in total. The van der Waals surface area contributed by atoms with E-state index >= 15 is 0 Å². The molecule has 0 atom stereocenters. The van der Waals surface area contributed by atoms with Gasteiger partial charge in [0.2, 0.25) is 10.0 Å². The fourth-order valence-electron chi connectivity index (χ4n) is 3.54. The van der Waals surface area contributed by atoms with E-state index in [1.165, 1.54) is 44.4 Å². The van der Waals surface area contributed by atoms with Crippen LogP contribution in [0.25, 0.3) is 0 Å². The molecule has 1 saturated heterocycles. The molecule has 2 aromatic carbocycles. The van der Waals surface area contributed by atoms with Crippen molar-refractivity contribution in [3.05, 3.63) is 48.5 Å². The van der Waals surface area contributed by atoms with Crippen molar-refractivity contribution in [3.63, 3.8) is 0 Å². The second-order valence-electron chi connectivity index (χ2n) is 8.25. The molecule has 1 fully saturated rings. The standard InChI is InChI=1S/C21H25F4N3O5S2/c1-27(2)35(31,32)17-9-7-16(8-10-17)34(29,30)26-18-5-3-4-6-19(18)28-13-11-20(22,12-14-28)15-33-21(23,24)25/h3-10,26H,11-15H2,1-2H3. The predicted molar refractivity (Wildman–Crippen MR) is 122 cm³/mol. The summed E-state index contributed by atoms with van der Waals surface area (Å²) in [6, 6.07) is 11.1. The molecule has 1 aliphatic heterocycles. The summed E-state index contributed by atoms with van der Waals surface area (Å²) in [5, 5.41) is 0. The highest BCUT2D eigenvalue weighted by Crippen LogP contribution is 2.35. The van der Waals surface area contributed by atoms with Gasteiger partial charge >= 0.3 is 6.36 Å². The highest BCUT2D eigenvalue weighted by atomic mass is 32.2. The van der Waals surface area contributed by atoms with Gasteiger partial charge in [-0.2, -0.15) is 0 Å². The van der Waals surface area contributed by atoms with Crippen LogP contribution in [0.15, 0.2) is 58.3 Å². The number of nitrogens with one attached hydrogen (secondary N) is 1. The molecule has 14 heteroatoms. The Balaban J connectivity index is 1.75. The van der Waals surface area contributed by atoms with Gasteiger partial charge in [-0.1, -0.05) is 12.1 Å². The van der Waals surface area contributed by atoms with E-state index in [0.29, 0.717) is 5.69 Å². The number of rotatable bonds is 8. The van der Waals surface area contributed by atoms with Crippen molar-refractivity contribution in [2.45, 2.75) is 34.7 Å². The van der Waals surface area contributed by atoms with E-state index in [1.807, 2.05) is 0 Å². The van der Waals surface area contributed by atoms with Gasteiger partial charge < -0.3 is 4.90 Å². The van der Waals surface area contributed by atoms with Crippen molar-refractivity contribution in [1.82, 2.24) is 4.31 Å². The summed E-state index contributed by atoms with van der Waals surface area (Å²) in [5.41, 5.74) is -1.52. The zero-order valence-electron chi connectivity index (χ0n) is 18.9. The first-order chi connectivity index (χ1) is 16.1. The summed E-state index contributed by atoms with van der Waals surface area (Å²) in [7, 11) is -5.13. The minimum Gasteiger partial charge on any atom is -0.370 e. The second-order valence-corrected chi connectivity index (χ2v) is 12.1. The summed E-state index contributed by atoms with van der Waals surface area (Å²) >= 11 is 0. The minimum atomic E-state index is -4.92. The lowest BCUT2D eigenvalue weighted by molar-refractivity contribution is -0.334.